The van der Waals surface area contributed by atoms with E-state index in [1.165, 1.54) is 0 Å². The normalized spacial score (nSPS) is 12.9. The number of fused-ring (bicyclic) bond motifs is 1. The quantitative estimate of drug-likeness (QED) is 0.140. The number of allylic oxidation sites excluding steroid dienone is 1. The van der Waals surface area contributed by atoms with Crippen molar-refractivity contribution in [2.45, 2.75) is 72.8 Å². The molecule has 0 spiro atoms. The van der Waals surface area contributed by atoms with Crippen molar-refractivity contribution in [2.75, 3.05) is 13.2 Å². The van der Waals surface area contributed by atoms with Crippen LogP contribution < -0.4 is 15.4 Å². The molecule has 49 heavy (non-hydrogen) atoms. The lowest BCUT2D eigenvalue weighted by molar-refractivity contribution is -0.128. The van der Waals surface area contributed by atoms with Crippen LogP contribution in [-0.2, 0) is 34.3 Å². The molecule has 0 bridgehead atoms. The van der Waals surface area contributed by atoms with Gasteiger partial charge in [0.2, 0.25) is 11.8 Å². The van der Waals surface area contributed by atoms with E-state index in [2.05, 4.69) is 34.8 Å². The Labute approximate surface area is 293 Å². The zero-order valence-corrected chi connectivity index (χ0v) is 30.0. The molecule has 0 fully saturated rings. The van der Waals surface area contributed by atoms with E-state index >= 15 is 0 Å². The summed E-state index contributed by atoms with van der Waals surface area (Å²) in [7, 11) is 1.94. The molecule has 1 atom stereocenters. The molecule has 9 heteroatoms. The van der Waals surface area contributed by atoms with Crippen molar-refractivity contribution in [2.24, 2.45) is 7.05 Å². The smallest absolute Gasteiger partial charge is 0.248 e. The van der Waals surface area contributed by atoms with Gasteiger partial charge in [-0.3, -0.25) is 19.1 Å². The van der Waals surface area contributed by atoms with Crippen LogP contribution in [0.1, 0.15) is 65.4 Å². The zero-order valence-electron chi connectivity index (χ0n) is 29.2. The van der Waals surface area contributed by atoms with Gasteiger partial charge >= 0.3 is 0 Å². The number of aromatic nitrogens is 2. The maximum absolute atomic E-state index is 13.9. The number of amides is 2. The molecule has 0 aliphatic heterocycles. The first kappa shape index (κ1) is 35.6. The van der Waals surface area contributed by atoms with E-state index in [-0.39, 0.29) is 18.2 Å². The fourth-order valence-corrected chi connectivity index (χ4v) is 6.80. The summed E-state index contributed by atoms with van der Waals surface area (Å²) in [5, 5.41) is 11.1. The standard InChI is InChI=1S/C40H45ClN4O4/c1-7-36(46)35(21-28-13-9-8-10-14-28)43-37(47)23-42-40(48)34-22-33-30(15-11-16-32(33)38-26(4)44-45(6)27(38)5)31(34)17-12-18-49-29-19-24(2)39(41)25(3)20-29/h8-11,13-16,19-20,35H,7,12,17-18,21-23H2,1-6H3,(H,42,48)(H,43,47)/t35-/m0/s1. The van der Waals surface area contributed by atoms with Crippen LogP contribution in [0.3, 0.4) is 0 Å². The van der Waals surface area contributed by atoms with Crippen LogP contribution in [0.5, 0.6) is 5.75 Å². The summed E-state index contributed by atoms with van der Waals surface area (Å²) in [6.45, 7) is 9.99. The Hall–Kier alpha value is -4.69. The van der Waals surface area contributed by atoms with E-state index in [9.17, 15) is 14.4 Å². The molecule has 2 amide bonds. The van der Waals surface area contributed by atoms with E-state index in [1.54, 1.807) is 6.92 Å². The summed E-state index contributed by atoms with van der Waals surface area (Å²) in [6, 6.07) is 19.0. The second-order valence-electron chi connectivity index (χ2n) is 12.8. The number of rotatable bonds is 14. The Bertz CT molecular complexity index is 1890. The summed E-state index contributed by atoms with van der Waals surface area (Å²) < 4.78 is 7.99. The first-order valence-electron chi connectivity index (χ1n) is 16.9. The van der Waals surface area contributed by atoms with Gasteiger partial charge in [-0.25, -0.2) is 0 Å². The third kappa shape index (κ3) is 8.14. The van der Waals surface area contributed by atoms with Gasteiger partial charge in [-0.15, -0.1) is 0 Å². The van der Waals surface area contributed by atoms with E-state index in [1.807, 2.05) is 81.0 Å². The number of nitrogens with zero attached hydrogens (tertiary/aromatic N) is 2. The van der Waals surface area contributed by atoms with Gasteiger partial charge in [-0.1, -0.05) is 67.1 Å². The van der Waals surface area contributed by atoms with Crippen molar-refractivity contribution in [3.63, 3.8) is 0 Å². The highest BCUT2D eigenvalue weighted by Crippen LogP contribution is 2.42. The van der Waals surface area contributed by atoms with Crippen LogP contribution in [-0.4, -0.2) is 46.6 Å². The second-order valence-corrected chi connectivity index (χ2v) is 13.1. The Balaban J connectivity index is 1.34. The third-order valence-corrected chi connectivity index (χ3v) is 9.88. The minimum Gasteiger partial charge on any atom is -0.494 e. The van der Waals surface area contributed by atoms with Crippen LogP contribution in [0.15, 0.2) is 66.2 Å². The van der Waals surface area contributed by atoms with Crippen molar-refractivity contribution in [3.8, 4) is 16.9 Å². The van der Waals surface area contributed by atoms with Crippen molar-refractivity contribution >= 4 is 34.8 Å². The SMILES string of the molecule is CCC(=O)[C@H](Cc1ccccc1)NC(=O)CNC(=O)C1=C(CCCOc2cc(C)c(Cl)c(C)c2)c2cccc(-c3c(C)nn(C)c3C)c2C1. The van der Waals surface area contributed by atoms with Gasteiger partial charge < -0.3 is 15.4 Å². The fourth-order valence-electron chi connectivity index (χ4n) is 6.69. The number of nitrogens with one attached hydrogen (secondary N) is 2. The Morgan fingerprint density at radius 3 is 2.33 bits per heavy atom. The lowest BCUT2D eigenvalue weighted by Crippen LogP contribution is -2.46. The van der Waals surface area contributed by atoms with Crippen LogP contribution in [0.4, 0.5) is 0 Å². The van der Waals surface area contributed by atoms with Gasteiger partial charge in [0.05, 0.1) is 24.9 Å². The van der Waals surface area contributed by atoms with E-state index in [0.717, 1.165) is 66.7 Å². The van der Waals surface area contributed by atoms with Crippen molar-refractivity contribution in [3.05, 3.63) is 110 Å². The van der Waals surface area contributed by atoms with Gasteiger partial charge in [0.25, 0.3) is 0 Å². The third-order valence-electron chi connectivity index (χ3n) is 9.29. The molecule has 4 aromatic rings. The average molecular weight is 681 g/mol. The number of benzene rings is 3. The molecule has 8 nitrogen and oxygen atoms in total. The molecule has 0 unspecified atom stereocenters. The Kier molecular flexibility index (Phi) is 11.4. The second kappa shape index (κ2) is 15.7. The summed E-state index contributed by atoms with van der Waals surface area (Å²) in [5.41, 5.74) is 10.7. The molecule has 1 heterocycles. The molecule has 256 valence electrons. The molecule has 0 saturated heterocycles. The zero-order chi connectivity index (χ0) is 35.2. The highest BCUT2D eigenvalue weighted by atomic mass is 35.5. The van der Waals surface area contributed by atoms with Crippen LogP contribution in [0, 0.1) is 27.7 Å². The largest absolute Gasteiger partial charge is 0.494 e. The Morgan fingerprint density at radius 1 is 0.980 bits per heavy atom. The van der Waals surface area contributed by atoms with Crippen molar-refractivity contribution in [1.29, 1.82) is 0 Å². The van der Waals surface area contributed by atoms with Gasteiger partial charge in [-0.2, -0.15) is 5.10 Å². The monoisotopic (exact) mass is 680 g/mol. The molecule has 2 N–H and O–H groups in total. The van der Waals surface area contributed by atoms with Crippen molar-refractivity contribution < 1.29 is 19.1 Å². The molecule has 1 aliphatic carbocycles. The highest BCUT2D eigenvalue weighted by molar-refractivity contribution is 6.32. The molecular weight excluding hydrogens is 636 g/mol. The number of aryl methyl sites for hydroxylation is 4. The van der Waals surface area contributed by atoms with Crippen LogP contribution in [0.25, 0.3) is 16.7 Å². The van der Waals surface area contributed by atoms with Crippen molar-refractivity contribution in [1.82, 2.24) is 20.4 Å². The minimum absolute atomic E-state index is 0.0561. The lowest BCUT2D eigenvalue weighted by Gasteiger charge is -2.18. The molecule has 1 aliphatic rings. The van der Waals surface area contributed by atoms with Gasteiger partial charge in [-0.05, 0) is 98.0 Å². The first-order chi connectivity index (χ1) is 23.5. The predicted molar refractivity (Wildman–Crippen MR) is 195 cm³/mol. The first-order valence-corrected chi connectivity index (χ1v) is 17.2. The number of halogens is 1. The summed E-state index contributed by atoms with van der Waals surface area (Å²) in [4.78, 5) is 39.7. The number of Topliss-reactive ketones (excluding diaryl/α,β-unsaturated/α-hetero) is 1. The fraction of sp³-hybridized carbons (Fsp3) is 0.350. The number of carbonyl (C=O) groups is 3. The maximum Gasteiger partial charge on any atom is 0.248 e. The average Bonchev–Trinajstić information content (AvgIpc) is 3.59. The minimum atomic E-state index is -0.663. The van der Waals surface area contributed by atoms with E-state index in [0.29, 0.717) is 44.3 Å². The summed E-state index contributed by atoms with van der Waals surface area (Å²) in [5.74, 6) is 0.0109. The molecule has 0 radical (unpaired) electrons. The summed E-state index contributed by atoms with van der Waals surface area (Å²) >= 11 is 6.35. The van der Waals surface area contributed by atoms with E-state index in [4.69, 9.17) is 16.3 Å². The number of ketones is 1. The van der Waals surface area contributed by atoms with E-state index < -0.39 is 11.9 Å². The van der Waals surface area contributed by atoms with Gasteiger partial charge in [0.15, 0.2) is 5.78 Å². The number of hydrogen-bond acceptors (Lipinski definition) is 5. The molecule has 0 saturated carbocycles. The molecule has 3 aromatic carbocycles. The molecule has 1 aromatic heterocycles. The Morgan fingerprint density at radius 2 is 1.67 bits per heavy atom. The molecule has 5 rings (SSSR count). The number of hydrogen-bond donors (Lipinski definition) is 2. The van der Waals surface area contributed by atoms with Crippen LogP contribution in [0.2, 0.25) is 5.02 Å². The summed E-state index contributed by atoms with van der Waals surface area (Å²) in [6.07, 6.45) is 2.43. The topological polar surface area (TPSA) is 102 Å². The predicted octanol–water partition coefficient (Wildman–Crippen LogP) is 6.97. The van der Waals surface area contributed by atoms with Crippen LogP contribution >= 0.6 is 11.6 Å². The maximum atomic E-state index is 13.9. The molecular formula is C40H45ClN4O4. The number of ether oxygens (including phenoxy) is 1. The highest BCUT2D eigenvalue weighted by Gasteiger charge is 2.30. The van der Waals surface area contributed by atoms with Gasteiger partial charge in [0.1, 0.15) is 5.75 Å². The van der Waals surface area contributed by atoms with Gasteiger partial charge in [0, 0.05) is 41.7 Å². The lowest BCUT2D eigenvalue weighted by atomic mass is 9.93. The number of carbonyl (C=O) groups excluding carboxylic acids is 3.